The predicted octanol–water partition coefficient (Wildman–Crippen LogP) is 3.22. The molecule has 1 aliphatic rings. The molecule has 1 aromatic carbocycles. The first-order valence-electron chi connectivity index (χ1n) is 10.2. The normalized spacial score (nSPS) is 14.7. The van der Waals surface area contributed by atoms with Gasteiger partial charge in [-0.25, -0.2) is 9.37 Å². The van der Waals surface area contributed by atoms with Crippen molar-refractivity contribution in [1.82, 2.24) is 30.4 Å². The van der Waals surface area contributed by atoms with Crippen LogP contribution in [-0.4, -0.2) is 48.1 Å². The highest BCUT2D eigenvalue weighted by atomic mass is 19.1. The molecule has 0 unspecified atom stereocenters. The number of aliphatic hydroxyl groups excluding tert-OH is 1. The zero-order chi connectivity index (χ0) is 21.4. The Balaban J connectivity index is 1.41. The molecule has 5 rings (SSSR count). The van der Waals surface area contributed by atoms with Crippen LogP contribution in [0.15, 0.2) is 36.7 Å². The molecule has 0 bridgehead atoms. The van der Waals surface area contributed by atoms with Gasteiger partial charge in [0.25, 0.3) is 0 Å². The van der Waals surface area contributed by atoms with E-state index in [1.807, 2.05) is 11.0 Å². The molecule has 4 N–H and O–H groups in total. The summed E-state index contributed by atoms with van der Waals surface area (Å²) in [5, 5.41) is 28.2. The van der Waals surface area contributed by atoms with Crippen LogP contribution in [-0.2, 0) is 6.54 Å². The van der Waals surface area contributed by atoms with Crippen LogP contribution in [0.4, 0.5) is 22.0 Å². The molecule has 0 amide bonds. The van der Waals surface area contributed by atoms with Gasteiger partial charge >= 0.3 is 0 Å². The number of hydrogen-bond donors (Lipinski definition) is 4. The Hall–Kier alpha value is -3.53. The molecule has 31 heavy (non-hydrogen) atoms. The molecule has 0 aliphatic heterocycles. The van der Waals surface area contributed by atoms with E-state index in [1.54, 1.807) is 25.4 Å². The van der Waals surface area contributed by atoms with E-state index in [4.69, 9.17) is 0 Å². The van der Waals surface area contributed by atoms with Crippen molar-refractivity contribution in [3.05, 3.63) is 53.7 Å². The number of aromatic amines is 2. The molecule has 3 heterocycles. The summed E-state index contributed by atoms with van der Waals surface area (Å²) in [6.07, 6.45) is 5.07. The van der Waals surface area contributed by atoms with Gasteiger partial charge in [-0.3, -0.25) is 10.2 Å². The molecular formula is C21H23FN8O. The molecule has 9 nitrogen and oxygen atoms in total. The maximum absolute atomic E-state index is 14.1. The lowest BCUT2D eigenvalue weighted by Crippen LogP contribution is -2.32. The zero-order valence-electron chi connectivity index (χ0n) is 17.0. The average molecular weight is 422 g/mol. The highest BCUT2D eigenvalue weighted by Gasteiger charge is 2.25. The summed E-state index contributed by atoms with van der Waals surface area (Å²) in [6.45, 7) is 2.29. The van der Waals surface area contributed by atoms with Crippen LogP contribution in [0, 0.1) is 5.82 Å². The topological polar surface area (TPSA) is 119 Å². The summed E-state index contributed by atoms with van der Waals surface area (Å²) >= 11 is 0. The maximum Gasteiger partial charge on any atom is 0.227 e. The minimum Gasteiger partial charge on any atom is -0.392 e. The van der Waals surface area contributed by atoms with Gasteiger partial charge in [-0.15, -0.1) is 0 Å². The van der Waals surface area contributed by atoms with Gasteiger partial charge in [0.05, 0.1) is 17.8 Å². The third-order valence-corrected chi connectivity index (χ3v) is 5.25. The van der Waals surface area contributed by atoms with E-state index in [0.717, 1.165) is 16.6 Å². The number of H-pyrrole nitrogens is 2. The van der Waals surface area contributed by atoms with Crippen molar-refractivity contribution in [2.24, 2.45) is 0 Å². The number of anilines is 3. The van der Waals surface area contributed by atoms with Crippen molar-refractivity contribution in [3.8, 4) is 0 Å². The Morgan fingerprint density at radius 1 is 1.26 bits per heavy atom. The Morgan fingerprint density at radius 3 is 2.94 bits per heavy atom. The Kier molecular flexibility index (Phi) is 4.99. The number of aliphatic hydroxyl groups is 1. The monoisotopic (exact) mass is 422 g/mol. The van der Waals surface area contributed by atoms with Gasteiger partial charge in [-0.1, -0.05) is 0 Å². The summed E-state index contributed by atoms with van der Waals surface area (Å²) in [4.78, 5) is 10.8. The van der Waals surface area contributed by atoms with Crippen LogP contribution in [0.25, 0.3) is 10.9 Å². The molecule has 4 aromatic rings. The van der Waals surface area contributed by atoms with Crippen LogP contribution < -0.4 is 10.2 Å². The first-order valence-corrected chi connectivity index (χ1v) is 10.2. The second-order valence-corrected chi connectivity index (χ2v) is 7.98. The summed E-state index contributed by atoms with van der Waals surface area (Å²) in [5.74, 6) is 1.92. The summed E-state index contributed by atoms with van der Waals surface area (Å²) < 4.78 is 14.1. The van der Waals surface area contributed by atoms with Crippen LogP contribution in [0.1, 0.15) is 36.9 Å². The lowest BCUT2D eigenvalue weighted by Gasteiger charge is -2.24. The number of fused-ring (bicyclic) bond motifs is 1. The maximum atomic E-state index is 14.1. The quantitative estimate of drug-likeness (QED) is 0.344. The van der Waals surface area contributed by atoms with Crippen molar-refractivity contribution in [1.29, 1.82) is 0 Å². The van der Waals surface area contributed by atoms with Gasteiger partial charge in [-0.05, 0) is 43.5 Å². The standard InChI is InChI=1S/C21H23FN8O/c1-12(31)10-30(11-14-6-15(22)7-18-16(14)9-24-27-18)21-23-5-4-19(26-21)25-20-8-17(28-29-20)13-2-3-13/h4-9,12-13,31H,2-3,10-11H2,1H3,(H,24,27)(H2,23,25,26,28,29)/t12-/m0/s1. The molecule has 0 spiro atoms. The lowest BCUT2D eigenvalue weighted by atomic mass is 10.1. The first kappa shape index (κ1) is 19.4. The van der Waals surface area contributed by atoms with E-state index in [9.17, 15) is 9.50 Å². The first-order chi connectivity index (χ1) is 15.0. The van der Waals surface area contributed by atoms with Gasteiger partial charge in [0, 0.05) is 42.4 Å². The highest BCUT2D eigenvalue weighted by molar-refractivity contribution is 5.82. The van der Waals surface area contributed by atoms with Crippen LogP contribution in [0.3, 0.4) is 0 Å². The number of nitrogens with zero attached hydrogens (tertiary/aromatic N) is 5. The molecule has 1 saturated carbocycles. The van der Waals surface area contributed by atoms with Crippen molar-refractivity contribution in [2.75, 3.05) is 16.8 Å². The fraction of sp³-hybridized carbons (Fsp3) is 0.333. The van der Waals surface area contributed by atoms with Gasteiger partial charge in [0.1, 0.15) is 11.6 Å². The summed E-state index contributed by atoms with van der Waals surface area (Å²) in [6, 6.07) is 6.63. The van der Waals surface area contributed by atoms with Crippen LogP contribution in [0.2, 0.25) is 0 Å². The largest absolute Gasteiger partial charge is 0.392 e. The molecule has 0 saturated heterocycles. The lowest BCUT2D eigenvalue weighted by molar-refractivity contribution is 0.199. The fourth-order valence-electron chi connectivity index (χ4n) is 3.66. The van der Waals surface area contributed by atoms with E-state index in [0.29, 0.717) is 35.6 Å². The third-order valence-electron chi connectivity index (χ3n) is 5.25. The molecule has 1 aliphatic carbocycles. The molecule has 0 radical (unpaired) electrons. The number of aromatic nitrogens is 6. The molecule has 10 heteroatoms. The molecule has 1 atom stereocenters. The molecule has 1 fully saturated rings. The average Bonchev–Trinajstić information content (AvgIpc) is 3.29. The number of nitrogens with one attached hydrogen (secondary N) is 3. The molecule has 160 valence electrons. The zero-order valence-corrected chi connectivity index (χ0v) is 17.0. The molecular weight excluding hydrogens is 399 g/mol. The number of rotatable bonds is 8. The third kappa shape index (κ3) is 4.33. The predicted molar refractivity (Wildman–Crippen MR) is 115 cm³/mol. The number of halogens is 1. The minimum atomic E-state index is -0.624. The van der Waals surface area contributed by atoms with Crippen molar-refractivity contribution in [2.45, 2.75) is 38.3 Å². The van der Waals surface area contributed by atoms with Gasteiger partial charge < -0.3 is 15.3 Å². The van der Waals surface area contributed by atoms with Crippen molar-refractivity contribution >= 4 is 28.5 Å². The van der Waals surface area contributed by atoms with Crippen LogP contribution in [0.5, 0.6) is 0 Å². The summed E-state index contributed by atoms with van der Waals surface area (Å²) in [7, 11) is 0. The van der Waals surface area contributed by atoms with Gasteiger partial charge in [0.15, 0.2) is 5.82 Å². The van der Waals surface area contributed by atoms with Crippen molar-refractivity contribution in [3.63, 3.8) is 0 Å². The number of hydrogen-bond acceptors (Lipinski definition) is 7. The Labute approximate surface area is 177 Å². The smallest absolute Gasteiger partial charge is 0.227 e. The van der Waals surface area contributed by atoms with E-state index >= 15 is 0 Å². The van der Waals surface area contributed by atoms with Gasteiger partial charge in [0.2, 0.25) is 5.95 Å². The SMILES string of the molecule is C[C@H](O)CN(Cc1cc(F)cc2[nH]ncc12)c1nccc(Nc2cc(C3CC3)[nH]n2)n1. The van der Waals surface area contributed by atoms with E-state index in [2.05, 4.69) is 35.7 Å². The summed E-state index contributed by atoms with van der Waals surface area (Å²) in [5.41, 5.74) is 2.48. The fourth-order valence-corrected chi connectivity index (χ4v) is 3.66. The number of benzene rings is 1. The second-order valence-electron chi connectivity index (χ2n) is 7.98. The second kappa shape index (κ2) is 7.95. The van der Waals surface area contributed by atoms with Crippen molar-refractivity contribution < 1.29 is 9.50 Å². The van der Waals surface area contributed by atoms with E-state index in [-0.39, 0.29) is 12.4 Å². The molecule has 3 aromatic heterocycles. The van der Waals surface area contributed by atoms with Crippen LogP contribution >= 0.6 is 0 Å². The minimum absolute atomic E-state index is 0.285. The van der Waals surface area contributed by atoms with E-state index in [1.165, 1.54) is 25.0 Å². The Morgan fingerprint density at radius 2 is 2.13 bits per heavy atom. The highest BCUT2D eigenvalue weighted by Crippen LogP contribution is 2.39. The Bertz CT molecular complexity index is 1200. The van der Waals surface area contributed by atoms with E-state index < -0.39 is 6.10 Å². The van der Waals surface area contributed by atoms with Gasteiger partial charge in [-0.2, -0.15) is 15.2 Å².